The molecule has 0 aliphatic carbocycles. The smallest absolute Gasteiger partial charge is 0.257 e. The maximum atomic E-state index is 13.0. The molecule has 6 nitrogen and oxygen atoms in total. The first-order valence-electron chi connectivity index (χ1n) is 10.0. The van der Waals surface area contributed by atoms with Crippen LogP contribution in [0.1, 0.15) is 21.5 Å². The van der Waals surface area contributed by atoms with Crippen LogP contribution in [0.25, 0.3) is 0 Å². The number of carbonyl (C=O) groups excluding carboxylic acids is 2. The van der Waals surface area contributed by atoms with E-state index in [1.165, 1.54) is 24.3 Å². The molecular weight excluding hydrogens is 413 g/mol. The average molecular weight is 437 g/mol. The van der Waals surface area contributed by atoms with Gasteiger partial charge >= 0.3 is 0 Å². The molecule has 0 saturated heterocycles. The van der Waals surface area contributed by atoms with Crippen LogP contribution in [0, 0.1) is 5.82 Å². The Kier molecular flexibility index (Phi) is 7.80. The molecule has 3 aromatic carbocycles. The van der Waals surface area contributed by atoms with Gasteiger partial charge in [0, 0.05) is 17.7 Å². The van der Waals surface area contributed by atoms with E-state index in [4.69, 9.17) is 14.2 Å². The van der Waals surface area contributed by atoms with Gasteiger partial charge in [-0.2, -0.15) is 0 Å². The molecule has 3 aromatic rings. The zero-order valence-corrected chi connectivity index (χ0v) is 17.9. The summed E-state index contributed by atoms with van der Waals surface area (Å²) in [5.74, 6) is 0.893. The molecule has 0 fully saturated rings. The van der Waals surface area contributed by atoms with Crippen LogP contribution in [-0.4, -0.2) is 39.1 Å². The predicted octanol–water partition coefficient (Wildman–Crippen LogP) is 3.81. The molecule has 0 aliphatic rings. The van der Waals surface area contributed by atoms with E-state index in [-0.39, 0.29) is 18.3 Å². The second-order valence-corrected chi connectivity index (χ2v) is 6.94. The molecule has 0 bridgehead atoms. The quantitative estimate of drug-likeness (QED) is 0.488. The first-order valence-corrected chi connectivity index (χ1v) is 10.0. The molecule has 0 spiro atoms. The summed E-state index contributed by atoms with van der Waals surface area (Å²) in [7, 11) is 3.15. The minimum absolute atomic E-state index is 0.142. The summed E-state index contributed by atoms with van der Waals surface area (Å²) in [6.45, 7) is 0.306. The van der Waals surface area contributed by atoms with Crippen molar-refractivity contribution in [3.8, 4) is 17.2 Å². The number of hydrogen-bond acceptors (Lipinski definition) is 5. The van der Waals surface area contributed by atoms with Gasteiger partial charge in [0.25, 0.3) is 5.91 Å². The second kappa shape index (κ2) is 10.9. The maximum Gasteiger partial charge on any atom is 0.257 e. The Morgan fingerprint density at radius 2 is 1.47 bits per heavy atom. The lowest BCUT2D eigenvalue weighted by molar-refractivity contribution is -0.123. The number of methoxy groups -OCH3 is 2. The largest absolute Gasteiger partial charge is 0.493 e. The SMILES string of the molecule is COc1ccc(CCNC(=O)COc2ccc(C(=O)c3ccc(F)cc3)cc2)cc1OC. The monoisotopic (exact) mass is 437 g/mol. The lowest BCUT2D eigenvalue weighted by atomic mass is 10.0. The van der Waals surface area contributed by atoms with Gasteiger partial charge in [-0.3, -0.25) is 9.59 Å². The highest BCUT2D eigenvalue weighted by atomic mass is 19.1. The molecule has 166 valence electrons. The Morgan fingerprint density at radius 1 is 0.844 bits per heavy atom. The highest BCUT2D eigenvalue weighted by molar-refractivity contribution is 6.09. The van der Waals surface area contributed by atoms with E-state index in [1.54, 1.807) is 38.5 Å². The van der Waals surface area contributed by atoms with Crippen molar-refractivity contribution in [3.05, 3.63) is 89.2 Å². The Bertz CT molecular complexity index is 1060. The Hall–Kier alpha value is -3.87. The van der Waals surface area contributed by atoms with Crippen LogP contribution in [0.4, 0.5) is 4.39 Å². The van der Waals surface area contributed by atoms with Gasteiger partial charge in [0.15, 0.2) is 23.9 Å². The fourth-order valence-corrected chi connectivity index (χ4v) is 3.05. The molecule has 0 atom stereocenters. The van der Waals surface area contributed by atoms with Crippen molar-refractivity contribution in [2.45, 2.75) is 6.42 Å². The molecule has 1 amide bonds. The van der Waals surface area contributed by atoms with Crippen molar-refractivity contribution in [3.63, 3.8) is 0 Å². The summed E-state index contributed by atoms with van der Waals surface area (Å²) in [6.07, 6.45) is 0.631. The lowest BCUT2D eigenvalue weighted by Gasteiger charge is -2.10. The van der Waals surface area contributed by atoms with E-state index in [1.807, 2.05) is 18.2 Å². The Balaban J connectivity index is 1.45. The van der Waals surface area contributed by atoms with Crippen LogP contribution in [-0.2, 0) is 11.2 Å². The minimum Gasteiger partial charge on any atom is -0.493 e. The fraction of sp³-hybridized carbons (Fsp3) is 0.200. The van der Waals surface area contributed by atoms with Gasteiger partial charge in [0.05, 0.1) is 14.2 Å². The molecule has 7 heteroatoms. The van der Waals surface area contributed by atoms with Crippen LogP contribution in [0.15, 0.2) is 66.7 Å². The number of carbonyl (C=O) groups is 2. The highest BCUT2D eigenvalue weighted by Crippen LogP contribution is 2.27. The third-order valence-electron chi connectivity index (χ3n) is 4.78. The molecule has 3 rings (SSSR count). The van der Waals surface area contributed by atoms with Crippen molar-refractivity contribution >= 4 is 11.7 Å². The van der Waals surface area contributed by atoms with Gasteiger partial charge in [-0.1, -0.05) is 6.07 Å². The van der Waals surface area contributed by atoms with E-state index < -0.39 is 5.82 Å². The van der Waals surface area contributed by atoms with Crippen LogP contribution in [0.3, 0.4) is 0 Å². The molecular formula is C25H24FNO5. The number of benzene rings is 3. The number of nitrogens with one attached hydrogen (secondary N) is 1. The molecule has 32 heavy (non-hydrogen) atoms. The third kappa shape index (κ3) is 6.07. The van der Waals surface area contributed by atoms with Gasteiger partial charge in [-0.25, -0.2) is 4.39 Å². The number of ether oxygens (including phenoxy) is 3. The van der Waals surface area contributed by atoms with Gasteiger partial charge in [0.2, 0.25) is 0 Å². The van der Waals surface area contributed by atoms with Gasteiger partial charge in [-0.05, 0) is 72.6 Å². The molecule has 0 heterocycles. The summed E-state index contributed by atoms with van der Waals surface area (Å²) in [6, 6.07) is 17.4. The molecule has 0 saturated carbocycles. The number of hydrogen-bond donors (Lipinski definition) is 1. The topological polar surface area (TPSA) is 73.9 Å². The third-order valence-corrected chi connectivity index (χ3v) is 4.78. The Labute approximate surface area is 185 Å². The van der Waals surface area contributed by atoms with Crippen molar-refractivity contribution in [2.24, 2.45) is 0 Å². The van der Waals surface area contributed by atoms with E-state index in [0.29, 0.717) is 41.3 Å². The second-order valence-electron chi connectivity index (χ2n) is 6.94. The Morgan fingerprint density at radius 3 is 2.09 bits per heavy atom. The lowest BCUT2D eigenvalue weighted by Crippen LogP contribution is -2.30. The van der Waals surface area contributed by atoms with Crippen LogP contribution in [0.5, 0.6) is 17.2 Å². The van der Waals surface area contributed by atoms with Crippen molar-refractivity contribution in [1.29, 1.82) is 0 Å². The van der Waals surface area contributed by atoms with Crippen molar-refractivity contribution in [1.82, 2.24) is 5.32 Å². The first kappa shape index (κ1) is 22.8. The highest BCUT2D eigenvalue weighted by Gasteiger charge is 2.10. The van der Waals surface area contributed by atoms with Crippen LogP contribution >= 0.6 is 0 Å². The number of ketones is 1. The summed E-state index contributed by atoms with van der Waals surface area (Å²) < 4.78 is 29.0. The van der Waals surface area contributed by atoms with E-state index in [9.17, 15) is 14.0 Å². The normalized spacial score (nSPS) is 10.3. The first-order chi connectivity index (χ1) is 15.5. The van der Waals surface area contributed by atoms with Gasteiger partial charge in [0.1, 0.15) is 11.6 Å². The number of rotatable bonds is 10. The van der Waals surface area contributed by atoms with Gasteiger partial charge < -0.3 is 19.5 Å². The van der Waals surface area contributed by atoms with Crippen molar-refractivity contribution in [2.75, 3.05) is 27.4 Å². The zero-order valence-electron chi connectivity index (χ0n) is 17.9. The summed E-state index contributed by atoms with van der Waals surface area (Å²) in [5, 5.41) is 2.80. The summed E-state index contributed by atoms with van der Waals surface area (Å²) in [5.41, 5.74) is 1.85. The average Bonchev–Trinajstić information content (AvgIpc) is 2.83. The maximum absolute atomic E-state index is 13.0. The molecule has 1 N–H and O–H groups in total. The molecule has 0 aliphatic heterocycles. The van der Waals surface area contributed by atoms with Crippen LogP contribution in [0.2, 0.25) is 0 Å². The zero-order chi connectivity index (χ0) is 22.9. The minimum atomic E-state index is -0.396. The molecule has 0 radical (unpaired) electrons. The van der Waals surface area contributed by atoms with Gasteiger partial charge in [-0.15, -0.1) is 0 Å². The fourth-order valence-electron chi connectivity index (χ4n) is 3.05. The van der Waals surface area contributed by atoms with E-state index in [0.717, 1.165) is 5.56 Å². The van der Waals surface area contributed by atoms with E-state index >= 15 is 0 Å². The summed E-state index contributed by atoms with van der Waals surface area (Å²) in [4.78, 5) is 24.5. The van der Waals surface area contributed by atoms with Crippen molar-refractivity contribution < 1.29 is 28.2 Å². The van der Waals surface area contributed by atoms with Crippen LogP contribution < -0.4 is 19.5 Å². The molecule has 0 aromatic heterocycles. The van der Waals surface area contributed by atoms with E-state index in [2.05, 4.69) is 5.32 Å². The molecule has 0 unspecified atom stereocenters. The number of halogens is 1. The standard InChI is InChI=1S/C25H24FNO5/c1-30-22-12-3-17(15-23(22)31-2)13-14-27-24(28)16-32-21-10-6-19(7-11-21)25(29)18-4-8-20(26)9-5-18/h3-12,15H,13-14,16H2,1-2H3,(H,27,28). The predicted molar refractivity (Wildman–Crippen MR) is 118 cm³/mol. The summed E-state index contributed by atoms with van der Waals surface area (Å²) >= 11 is 0. The number of amides is 1.